The summed E-state index contributed by atoms with van der Waals surface area (Å²) in [6, 6.07) is 6.58. The van der Waals surface area contributed by atoms with Crippen molar-refractivity contribution in [2.45, 2.75) is 18.9 Å². The Morgan fingerprint density at radius 3 is 3.28 bits per heavy atom. The van der Waals surface area contributed by atoms with Crippen molar-refractivity contribution in [3.05, 3.63) is 18.2 Å². The minimum atomic E-state index is 0.361. The van der Waals surface area contributed by atoms with E-state index in [4.69, 9.17) is 14.9 Å². The van der Waals surface area contributed by atoms with Gasteiger partial charge in [0.1, 0.15) is 5.52 Å². The van der Waals surface area contributed by atoms with E-state index in [9.17, 15) is 0 Å². The van der Waals surface area contributed by atoms with E-state index in [1.807, 2.05) is 18.2 Å². The summed E-state index contributed by atoms with van der Waals surface area (Å²) in [4.78, 5) is 6.70. The number of nitrogens with two attached hydrogens (primary N) is 1. The molecule has 0 spiro atoms. The zero-order chi connectivity index (χ0) is 12.5. The van der Waals surface area contributed by atoms with Crippen LogP contribution in [0.1, 0.15) is 12.8 Å². The lowest BCUT2D eigenvalue weighted by atomic mass is 10.2. The molecule has 1 aliphatic rings. The molecular weight excluding hydrogens is 230 g/mol. The van der Waals surface area contributed by atoms with Gasteiger partial charge in [0.15, 0.2) is 5.58 Å². The van der Waals surface area contributed by atoms with Gasteiger partial charge in [-0.15, -0.1) is 0 Å². The number of nitrogen functional groups attached to an aromatic ring is 1. The summed E-state index contributed by atoms with van der Waals surface area (Å²) >= 11 is 0. The van der Waals surface area contributed by atoms with Gasteiger partial charge in [0, 0.05) is 25.4 Å². The van der Waals surface area contributed by atoms with Gasteiger partial charge in [-0.05, 0) is 25.0 Å². The third-order valence-electron chi connectivity index (χ3n) is 3.38. The second-order valence-corrected chi connectivity index (χ2v) is 4.67. The Labute approximate surface area is 106 Å². The van der Waals surface area contributed by atoms with Gasteiger partial charge in [0.2, 0.25) is 0 Å². The van der Waals surface area contributed by atoms with Crippen LogP contribution in [0.3, 0.4) is 0 Å². The van der Waals surface area contributed by atoms with Gasteiger partial charge in [-0.2, -0.15) is 4.98 Å². The molecule has 1 aromatic carbocycles. The van der Waals surface area contributed by atoms with Crippen molar-refractivity contribution < 1.29 is 9.15 Å². The van der Waals surface area contributed by atoms with Crippen LogP contribution in [-0.2, 0) is 4.74 Å². The molecule has 5 heteroatoms. The third kappa shape index (κ3) is 1.90. The van der Waals surface area contributed by atoms with E-state index < -0.39 is 0 Å². The van der Waals surface area contributed by atoms with Gasteiger partial charge < -0.3 is 19.8 Å². The molecule has 0 saturated carbocycles. The Hall–Kier alpha value is -1.75. The standard InChI is InChI=1S/C13H17N3O2/c1-17-8-10-3-2-6-16(10)13-15-11-5-4-9(14)7-12(11)18-13/h4-5,7,10H,2-3,6,8,14H2,1H3. The molecule has 1 saturated heterocycles. The molecule has 18 heavy (non-hydrogen) atoms. The maximum absolute atomic E-state index is 5.79. The van der Waals surface area contributed by atoms with Gasteiger partial charge in [-0.1, -0.05) is 0 Å². The Morgan fingerprint density at radius 1 is 1.56 bits per heavy atom. The summed E-state index contributed by atoms with van der Waals surface area (Å²) in [5.41, 5.74) is 8.03. The van der Waals surface area contributed by atoms with Crippen LogP contribution in [0.2, 0.25) is 0 Å². The molecule has 2 aromatic rings. The van der Waals surface area contributed by atoms with Crippen LogP contribution in [0.5, 0.6) is 0 Å². The SMILES string of the molecule is COCC1CCCN1c1nc2ccc(N)cc2o1. The van der Waals surface area contributed by atoms with E-state index in [1.165, 1.54) is 0 Å². The van der Waals surface area contributed by atoms with Crippen molar-refractivity contribution in [3.8, 4) is 0 Å². The third-order valence-corrected chi connectivity index (χ3v) is 3.38. The molecule has 5 nitrogen and oxygen atoms in total. The second kappa shape index (κ2) is 4.49. The van der Waals surface area contributed by atoms with Crippen molar-refractivity contribution in [3.63, 3.8) is 0 Å². The molecule has 1 aliphatic heterocycles. The number of aromatic nitrogens is 1. The van der Waals surface area contributed by atoms with Crippen LogP contribution < -0.4 is 10.6 Å². The largest absolute Gasteiger partial charge is 0.423 e. The van der Waals surface area contributed by atoms with Gasteiger partial charge >= 0.3 is 0 Å². The first-order valence-corrected chi connectivity index (χ1v) is 6.19. The van der Waals surface area contributed by atoms with E-state index in [2.05, 4.69) is 9.88 Å². The highest BCUT2D eigenvalue weighted by Crippen LogP contribution is 2.29. The number of fused-ring (bicyclic) bond motifs is 1. The van der Waals surface area contributed by atoms with E-state index in [0.717, 1.165) is 30.5 Å². The minimum absolute atomic E-state index is 0.361. The summed E-state index contributed by atoms with van der Waals surface area (Å²) in [5.74, 6) is 0. The van der Waals surface area contributed by atoms with Crippen molar-refractivity contribution >= 4 is 22.8 Å². The summed E-state index contributed by atoms with van der Waals surface area (Å²) in [6.45, 7) is 1.68. The normalized spacial score (nSPS) is 19.8. The molecule has 1 unspecified atom stereocenters. The highest BCUT2D eigenvalue weighted by molar-refractivity contribution is 5.78. The monoisotopic (exact) mass is 247 g/mol. The highest BCUT2D eigenvalue weighted by atomic mass is 16.5. The quantitative estimate of drug-likeness (QED) is 0.841. The molecule has 0 amide bonds. The molecule has 96 valence electrons. The maximum Gasteiger partial charge on any atom is 0.298 e. The summed E-state index contributed by atoms with van der Waals surface area (Å²) in [7, 11) is 1.73. The lowest BCUT2D eigenvalue weighted by Crippen LogP contribution is -2.32. The lowest BCUT2D eigenvalue weighted by Gasteiger charge is -2.21. The first-order chi connectivity index (χ1) is 8.78. The molecule has 2 N–H and O–H groups in total. The number of ether oxygens (including phenoxy) is 1. The summed E-state index contributed by atoms with van der Waals surface area (Å²) in [5, 5.41) is 0. The zero-order valence-corrected chi connectivity index (χ0v) is 10.4. The van der Waals surface area contributed by atoms with Crippen molar-refractivity contribution in [2.75, 3.05) is 30.9 Å². The number of methoxy groups -OCH3 is 1. The van der Waals surface area contributed by atoms with Crippen LogP contribution in [0.15, 0.2) is 22.6 Å². The smallest absolute Gasteiger partial charge is 0.298 e. The van der Waals surface area contributed by atoms with Crippen molar-refractivity contribution in [1.82, 2.24) is 4.98 Å². The van der Waals surface area contributed by atoms with E-state index in [0.29, 0.717) is 24.4 Å². The fourth-order valence-electron chi connectivity index (χ4n) is 2.51. The molecule has 0 aliphatic carbocycles. The lowest BCUT2D eigenvalue weighted by molar-refractivity contribution is 0.179. The Morgan fingerprint density at radius 2 is 2.44 bits per heavy atom. The van der Waals surface area contributed by atoms with Crippen LogP contribution in [-0.4, -0.2) is 31.3 Å². The number of anilines is 2. The summed E-state index contributed by atoms with van der Waals surface area (Å²) < 4.78 is 11.0. The predicted molar refractivity (Wildman–Crippen MR) is 70.7 cm³/mol. The molecule has 2 heterocycles. The average molecular weight is 247 g/mol. The first kappa shape index (κ1) is 11.3. The van der Waals surface area contributed by atoms with Gasteiger partial charge in [-0.3, -0.25) is 0 Å². The Balaban J connectivity index is 1.93. The number of hydrogen-bond acceptors (Lipinski definition) is 5. The number of nitrogens with zero attached hydrogens (tertiary/aromatic N) is 2. The Kier molecular flexibility index (Phi) is 2.83. The number of oxazole rings is 1. The van der Waals surface area contributed by atoms with E-state index in [-0.39, 0.29) is 0 Å². The van der Waals surface area contributed by atoms with E-state index >= 15 is 0 Å². The number of hydrogen-bond donors (Lipinski definition) is 1. The topological polar surface area (TPSA) is 64.5 Å². The second-order valence-electron chi connectivity index (χ2n) is 4.67. The zero-order valence-electron chi connectivity index (χ0n) is 10.4. The van der Waals surface area contributed by atoms with Gasteiger partial charge in [0.25, 0.3) is 6.01 Å². The van der Waals surface area contributed by atoms with Crippen LogP contribution in [0.4, 0.5) is 11.7 Å². The van der Waals surface area contributed by atoms with Crippen LogP contribution >= 0.6 is 0 Å². The molecule has 0 bridgehead atoms. The van der Waals surface area contributed by atoms with Crippen LogP contribution in [0.25, 0.3) is 11.1 Å². The molecular formula is C13H17N3O2. The fraction of sp³-hybridized carbons (Fsp3) is 0.462. The van der Waals surface area contributed by atoms with Crippen molar-refractivity contribution in [1.29, 1.82) is 0 Å². The summed E-state index contributed by atoms with van der Waals surface area (Å²) in [6.07, 6.45) is 2.27. The van der Waals surface area contributed by atoms with Crippen LogP contribution in [0, 0.1) is 0 Å². The fourth-order valence-corrected chi connectivity index (χ4v) is 2.51. The van der Waals surface area contributed by atoms with Gasteiger partial charge in [0.05, 0.1) is 12.6 Å². The highest BCUT2D eigenvalue weighted by Gasteiger charge is 2.28. The molecule has 1 fully saturated rings. The maximum atomic E-state index is 5.79. The van der Waals surface area contributed by atoms with Gasteiger partial charge in [-0.25, -0.2) is 0 Å². The number of rotatable bonds is 3. The number of benzene rings is 1. The molecule has 1 aromatic heterocycles. The predicted octanol–water partition coefficient (Wildman–Crippen LogP) is 2.03. The average Bonchev–Trinajstić information content (AvgIpc) is 2.94. The van der Waals surface area contributed by atoms with Crippen molar-refractivity contribution in [2.24, 2.45) is 0 Å². The molecule has 0 radical (unpaired) electrons. The molecule has 3 rings (SSSR count). The van der Waals surface area contributed by atoms with E-state index in [1.54, 1.807) is 7.11 Å². The Bertz CT molecular complexity index is 552. The minimum Gasteiger partial charge on any atom is -0.423 e. The first-order valence-electron chi connectivity index (χ1n) is 6.19. The molecule has 1 atom stereocenters.